The number of alkyl halides is 2. The van der Waals surface area contributed by atoms with Gasteiger partial charge >= 0.3 is 0 Å². The van der Waals surface area contributed by atoms with Crippen LogP contribution in [0.15, 0.2) is 65.4 Å². The molecule has 1 atom stereocenters. The molecule has 4 nitrogen and oxygen atoms in total. The predicted molar refractivity (Wildman–Crippen MR) is 145 cm³/mol. The Labute approximate surface area is 216 Å². The van der Waals surface area contributed by atoms with E-state index in [2.05, 4.69) is 23.5 Å². The van der Waals surface area contributed by atoms with E-state index in [1.165, 1.54) is 6.92 Å². The molecule has 1 heterocycles. The van der Waals surface area contributed by atoms with Crippen LogP contribution in [0.5, 0.6) is 0 Å². The van der Waals surface area contributed by atoms with Gasteiger partial charge in [-0.2, -0.15) is 0 Å². The van der Waals surface area contributed by atoms with Crippen molar-refractivity contribution in [2.24, 2.45) is 5.92 Å². The molecule has 0 fully saturated rings. The molecule has 6 heteroatoms. The predicted octanol–water partition coefficient (Wildman–Crippen LogP) is 8.60. The third-order valence-electron chi connectivity index (χ3n) is 6.19. The van der Waals surface area contributed by atoms with Gasteiger partial charge in [0.05, 0.1) is 12.0 Å². The van der Waals surface area contributed by atoms with E-state index in [-0.39, 0.29) is 17.1 Å². The minimum absolute atomic E-state index is 0.235. The first-order valence-corrected chi connectivity index (χ1v) is 13.1. The number of carbonyl (C=O) groups is 1. The highest BCUT2D eigenvalue weighted by atomic mass is 19.3. The summed E-state index contributed by atoms with van der Waals surface area (Å²) in [6, 6.07) is 0. The monoisotopic (exact) mass is 502 g/mol. The number of aromatic nitrogens is 2. The van der Waals surface area contributed by atoms with Gasteiger partial charge in [0.1, 0.15) is 5.76 Å². The molecule has 0 aromatic carbocycles. The van der Waals surface area contributed by atoms with Gasteiger partial charge in [-0.05, 0) is 63.5 Å². The van der Waals surface area contributed by atoms with Crippen molar-refractivity contribution in [2.75, 3.05) is 0 Å². The molecule has 0 saturated heterocycles. The van der Waals surface area contributed by atoms with Gasteiger partial charge in [-0.3, -0.25) is 4.79 Å². The van der Waals surface area contributed by atoms with Crippen molar-refractivity contribution in [3.05, 3.63) is 76.8 Å². The largest absolute Gasteiger partial charge is 0.453 e. The third-order valence-corrected chi connectivity index (χ3v) is 6.19. The molecule has 0 amide bonds. The Bertz CT molecular complexity index is 967. The standard InChI is InChI=1S/C30H44F2N2O2/c1-8-12-13-18-24(15-9-2)28(21(5)11-4)36-29(23(7)30(31)32)27(35)22(6)17-14-19-26-25(16-10-3)33-20-34-26/h8,12-13,18,20,22,30H,1,9-11,14-17,19H2,2-7H3,(H,33,34)/b13-12-,24-18+,28-21-,29-23+. The number of rotatable bonds is 17. The second-order valence-electron chi connectivity index (χ2n) is 9.18. The van der Waals surface area contributed by atoms with Gasteiger partial charge < -0.3 is 9.72 Å². The minimum Gasteiger partial charge on any atom is -0.453 e. The van der Waals surface area contributed by atoms with E-state index in [0.717, 1.165) is 54.6 Å². The van der Waals surface area contributed by atoms with E-state index in [4.69, 9.17) is 4.74 Å². The summed E-state index contributed by atoms with van der Waals surface area (Å²) < 4.78 is 33.8. The maximum Gasteiger partial charge on any atom is 0.263 e. The van der Waals surface area contributed by atoms with Gasteiger partial charge in [-0.15, -0.1) is 0 Å². The van der Waals surface area contributed by atoms with Crippen LogP contribution in [0.1, 0.15) is 91.5 Å². The summed E-state index contributed by atoms with van der Waals surface area (Å²) in [5.74, 6) is -0.571. The van der Waals surface area contributed by atoms with Gasteiger partial charge in [0.2, 0.25) is 5.78 Å². The van der Waals surface area contributed by atoms with Gasteiger partial charge in [0, 0.05) is 17.2 Å². The molecule has 0 aliphatic rings. The van der Waals surface area contributed by atoms with Gasteiger partial charge in [-0.25, -0.2) is 13.8 Å². The van der Waals surface area contributed by atoms with Crippen LogP contribution >= 0.6 is 0 Å². The Kier molecular flexibility index (Phi) is 14.6. The first kappa shape index (κ1) is 31.3. The lowest BCUT2D eigenvalue weighted by atomic mass is 9.95. The number of Topliss-reactive ketones (excluding diaryl/α,β-unsaturated/α-hetero) is 1. The van der Waals surface area contributed by atoms with Gasteiger partial charge in [0.15, 0.2) is 5.76 Å². The molecule has 0 aliphatic heterocycles. The highest BCUT2D eigenvalue weighted by Gasteiger charge is 2.27. The number of ketones is 1. The molecular formula is C30H44F2N2O2. The van der Waals surface area contributed by atoms with Crippen molar-refractivity contribution < 1.29 is 18.3 Å². The number of nitrogens with zero attached hydrogens (tertiary/aromatic N) is 1. The van der Waals surface area contributed by atoms with Crippen LogP contribution in [-0.2, 0) is 22.4 Å². The molecule has 36 heavy (non-hydrogen) atoms. The molecule has 1 unspecified atom stereocenters. The summed E-state index contributed by atoms with van der Waals surface area (Å²) >= 11 is 0. The van der Waals surface area contributed by atoms with Crippen molar-refractivity contribution in [1.29, 1.82) is 0 Å². The number of halogens is 2. The van der Waals surface area contributed by atoms with Crippen molar-refractivity contribution in [2.45, 2.75) is 99.3 Å². The highest BCUT2D eigenvalue weighted by Crippen LogP contribution is 2.30. The van der Waals surface area contributed by atoms with Crippen LogP contribution in [-0.4, -0.2) is 22.2 Å². The number of carbonyl (C=O) groups excluding carboxylic acids is 1. The number of H-pyrrole nitrogens is 1. The molecule has 0 aliphatic carbocycles. The Balaban J connectivity index is 3.19. The number of allylic oxidation sites excluding steroid dienone is 8. The quantitative estimate of drug-likeness (QED) is 0.132. The number of aromatic amines is 1. The number of imidazole rings is 1. The van der Waals surface area contributed by atoms with Crippen LogP contribution in [0.2, 0.25) is 0 Å². The Hall–Kier alpha value is -2.76. The van der Waals surface area contributed by atoms with E-state index in [0.29, 0.717) is 25.0 Å². The fourth-order valence-corrected chi connectivity index (χ4v) is 3.87. The third kappa shape index (κ3) is 9.71. The first-order valence-electron chi connectivity index (χ1n) is 13.1. The minimum atomic E-state index is -2.78. The van der Waals surface area contributed by atoms with Crippen molar-refractivity contribution in [1.82, 2.24) is 9.97 Å². The van der Waals surface area contributed by atoms with E-state index >= 15 is 0 Å². The summed E-state index contributed by atoms with van der Waals surface area (Å²) in [6.07, 6.45) is 12.4. The van der Waals surface area contributed by atoms with Crippen LogP contribution < -0.4 is 0 Å². The molecule has 1 N–H and O–H groups in total. The zero-order chi connectivity index (χ0) is 27.1. The average molecular weight is 503 g/mol. The Morgan fingerprint density at radius 3 is 2.44 bits per heavy atom. The number of hydrogen-bond donors (Lipinski definition) is 1. The molecule has 0 radical (unpaired) electrons. The molecule has 1 rings (SSSR count). The van der Waals surface area contributed by atoms with Crippen LogP contribution in [0, 0.1) is 5.92 Å². The van der Waals surface area contributed by atoms with Gasteiger partial charge in [0.25, 0.3) is 6.43 Å². The van der Waals surface area contributed by atoms with E-state index in [9.17, 15) is 13.6 Å². The highest BCUT2D eigenvalue weighted by molar-refractivity contribution is 5.96. The zero-order valence-corrected chi connectivity index (χ0v) is 22.9. The molecule has 0 bridgehead atoms. The fraction of sp³-hybridized carbons (Fsp3) is 0.533. The summed E-state index contributed by atoms with van der Waals surface area (Å²) in [4.78, 5) is 21.0. The topological polar surface area (TPSA) is 55.0 Å². The summed E-state index contributed by atoms with van der Waals surface area (Å²) in [6.45, 7) is 14.8. The van der Waals surface area contributed by atoms with E-state index in [1.807, 2.05) is 32.9 Å². The first-order chi connectivity index (χ1) is 17.2. The Morgan fingerprint density at radius 1 is 1.14 bits per heavy atom. The maximum atomic E-state index is 13.8. The van der Waals surface area contributed by atoms with Crippen LogP contribution in [0.4, 0.5) is 8.78 Å². The van der Waals surface area contributed by atoms with Crippen molar-refractivity contribution in [3.8, 4) is 0 Å². The molecule has 0 saturated carbocycles. The lowest BCUT2D eigenvalue weighted by molar-refractivity contribution is -0.122. The van der Waals surface area contributed by atoms with E-state index < -0.39 is 12.3 Å². The van der Waals surface area contributed by atoms with E-state index in [1.54, 1.807) is 25.4 Å². The van der Waals surface area contributed by atoms with Crippen LogP contribution in [0.25, 0.3) is 0 Å². The van der Waals surface area contributed by atoms with Crippen molar-refractivity contribution in [3.63, 3.8) is 0 Å². The molecule has 1 aromatic rings. The maximum absolute atomic E-state index is 13.8. The second kappa shape index (κ2) is 16.8. The lowest BCUT2D eigenvalue weighted by Gasteiger charge is -2.21. The van der Waals surface area contributed by atoms with Crippen molar-refractivity contribution >= 4 is 5.78 Å². The average Bonchev–Trinajstić information content (AvgIpc) is 3.30. The molecule has 0 spiro atoms. The fourth-order valence-electron chi connectivity index (χ4n) is 3.87. The Morgan fingerprint density at radius 2 is 1.86 bits per heavy atom. The number of hydrogen-bond acceptors (Lipinski definition) is 3. The van der Waals surface area contributed by atoms with Crippen LogP contribution in [0.3, 0.4) is 0 Å². The lowest BCUT2D eigenvalue weighted by Crippen LogP contribution is -2.20. The molecule has 1 aromatic heterocycles. The normalized spacial score (nSPS) is 14.6. The second-order valence-corrected chi connectivity index (χ2v) is 9.18. The zero-order valence-electron chi connectivity index (χ0n) is 22.9. The SMILES string of the molecule is C=C\C=C/C=C(CCC)/C(O/C(C(=O)C(C)CCCc1nc[nH]c1CCC)=C(\C)C(F)F)=C(\C)CC. The number of nitrogens with one attached hydrogen (secondary N) is 1. The number of aryl methyl sites for hydroxylation is 2. The van der Waals surface area contributed by atoms with Gasteiger partial charge in [-0.1, -0.05) is 71.4 Å². The molecule has 200 valence electrons. The summed E-state index contributed by atoms with van der Waals surface area (Å²) in [5.41, 5.74) is 3.58. The molecular weight excluding hydrogens is 458 g/mol. The smallest absolute Gasteiger partial charge is 0.263 e. The number of ether oxygens (including phenoxy) is 1. The summed E-state index contributed by atoms with van der Waals surface area (Å²) in [7, 11) is 0. The summed E-state index contributed by atoms with van der Waals surface area (Å²) in [5, 5.41) is 0.